The van der Waals surface area contributed by atoms with Gasteiger partial charge in [-0.15, -0.1) is 0 Å². The molecule has 3 nitrogen and oxygen atoms in total. The minimum absolute atomic E-state index is 0.164. The first-order valence-corrected chi connectivity index (χ1v) is 5.45. The summed E-state index contributed by atoms with van der Waals surface area (Å²) in [4.78, 5) is 21.6. The minimum atomic E-state index is -0.290. The van der Waals surface area contributed by atoms with Gasteiger partial charge in [-0.05, 0) is 25.7 Å². The van der Waals surface area contributed by atoms with Gasteiger partial charge in [-0.25, -0.2) is 0 Å². The van der Waals surface area contributed by atoms with Crippen LogP contribution in [-0.2, 0) is 9.59 Å². The maximum Gasteiger partial charge on any atom is 0.223 e. The second kappa shape index (κ2) is 5.13. The van der Waals surface area contributed by atoms with E-state index in [0.29, 0.717) is 6.42 Å². The van der Waals surface area contributed by atoms with Gasteiger partial charge in [0, 0.05) is 11.8 Å². The van der Waals surface area contributed by atoms with Crippen LogP contribution in [0, 0.1) is 5.41 Å². The summed E-state index contributed by atoms with van der Waals surface area (Å²) in [5.74, 6) is -0.164. The van der Waals surface area contributed by atoms with Gasteiger partial charge < -0.3 is 10.5 Å². The van der Waals surface area contributed by atoms with E-state index in [4.69, 9.17) is 5.73 Å². The molecule has 1 aliphatic carbocycles. The number of amides is 1. The number of rotatable bonds is 5. The highest BCUT2D eigenvalue weighted by Gasteiger charge is 2.36. The molecule has 1 fully saturated rings. The molecule has 1 aliphatic rings. The van der Waals surface area contributed by atoms with Gasteiger partial charge in [0.2, 0.25) is 5.91 Å². The maximum absolute atomic E-state index is 11.4. The van der Waals surface area contributed by atoms with E-state index in [9.17, 15) is 9.59 Å². The van der Waals surface area contributed by atoms with Crippen molar-refractivity contribution in [3.8, 4) is 0 Å². The number of primary amides is 1. The average molecular weight is 197 g/mol. The molecule has 0 bridgehead atoms. The highest BCUT2D eigenvalue weighted by Crippen LogP contribution is 2.40. The monoisotopic (exact) mass is 197 g/mol. The van der Waals surface area contributed by atoms with E-state index < -0.39 is 0 Å². The van der Waals surface area contributed by atoms with E-state index >= 15 is 0 Å². The summed E-state index contributed by atoms with van der Waals surface area (Å²) in [5.41, 5.74) is 5.17. The molecule has 80 valence electrons. The third-order valence-corrected chi connectivity index (χ3v) is 3.31. The summed E-state index contributed by atoms with van der Waals surface area (Å²) in [7, 11) is 0. The molecule has 0 saturated heterocycles. The number of unbranched alkanes of at least 4 members (excludes halogenated alkanes) is 1. The lowest BCUT2D eigenvalue weighted by Gasteiger charge is -2.34. The van der Waals surface area contributed by atoms with E-state index in [1.54, 1.807) is 0 Å². The summed E-state index contributed by atoms with van der Waals surface area (Å²) >= 11 is 0. The summed E-state index contributed by atoms with van der Waals surface area (Å²) in [6, 6.07) is 0. The SMILES string of the molecule is NC(=O)C1(CCCC=O)CCCCC1. The summed E-state index contributed by atoms with van der Waals surface area (Å²) < 4.78 is 0. The average Bonchev–Trinajstić information content (AvgIpc) is 2.19. The number of hydrogen-bond donors (Lipinski definition) is 1. The van der Waals surface area contributed by atoms with Crippen molar-refractivity contribution in [2.45, 2.75) is 51.4 Å². The Balaban J connectivity index is 2.51. The smallest absolute Gasteiger partial charge is 0.223 e. The van der Waals surface area contributed by atoms with E-state index in [0.717, 1.165) is 44.8 Å². The zero-order chi connectivity index (χ0) is 10.4. The Morgan fingerprint density at radius 3 is 2.43 bits per heavy atom. The van der Waals surface area contributed by atoms with Crippen LogP contribution < -0.4 is 5.73 Å². The van der Waals surface area contributed by atoms with Gasteiger partial charge in [-0.3, -0.25) is 4.79 Å². The fourth-order valence-corrected chi connectivity index (χ4v) is 2.37. The van der Waals surface area contributed by atoms with Crippen LogP contribution in [0.4, 0.5) is 0 Å². The molecule has 0 radical (unpaired) electrons. The Bertz CT molecular complexity index is 207. The van der Waals surface area contributed by atoms with Crippen LogP contribution in [0.3, 0.4) is 0 Å². The molecule has 1 saturated carbocycles. The number of carbonyl (C=O) groups excluding carboxylic acids is 2. The molecule has 0 unspecified atom stereocenters. The lowest BCUT2D eigenvalue weighted by atomic mass is 9.70. The minimum Gasteiger partial charge on any atom is -0.369 e. The Hall–Kier alpha value is -0.860. The summed E-state index contributed by atoms with van der Waals surface area (Å²) in [5, 5.41) is 0. The Kier molecular flexibility index (Phi) is 4.11. The zero-order valence-electron chi connectivity index (χ0n) is 8.63. The highest BCUT2D eigenvalue weighted by atomic mass is 16.1. The second-order valence-electron chi connectivity index (χ2n) is 4.26. The number of carbonyl (C=O) groups is 2. The van der Waals surface area contributed by atoms with Crippen molar-refractivity contribution in [1.29, 1.82) is 0 Å². The molecule has 0 aromatic rings. The number of aldehydes is 1. The predicted molar refractivity (Wildman–Crippen MR) is 54.6 cm³/mol. The number of nitrogens with two attached hydrogens (primary N) is 1. The van der Waals surface area contributed by atoms with Crippen molar-refractivity contribution in [1.82, 2.24) is 0 Å². The third-order valence-electron chi connectivity index (χ3n) is 3.31. The molecule has 1 amide bonds. The lowest BCUT2D eigenvalue weighted by molar-refractivity contribution is -0.130. The zero-order valence-corrected chi connectivity index (χ0v) is 8.63. The molecule has 2 N–H and O–H groups in total. The third kappa shape index (κ3) is 2.56. The first kappa shape index (κ1) is 11.2. The van der Waals surface area contributed by atoms with Crippen molar-refractivity contribution in [3.63, 3.8) is 0 Å². The van der Waals surface area contributed by atoms with Crippen LogP contribution in [0.25, 0.3) is 0 Å². The summed E-state index contributed by atoms with van der Waals surface area (Å²) in [6.45, 7) is 0. The van der Waals surface area contributed by atoms with Gasteiger partial charge in [0.25, 0.3) is 0 Å². The van der Waals surface area contributed by atoms with E-state index in [-0.39, 0.29) is 11.3 Å². The number of hydrogen-bond acceptors (Lipinski definition) is 2. The van der Waals surface area contributed by atoms with Crippen molar-refractivity contribution in [2.24, 2.45) is 11.1 Å². The van der Waals surface area contributed by atoms with Crippen LogP contribution >= 0.6 is 0 Å². The van der Waals surface area contributed by atoms with Gasteiger partial charge in [0.05, 0.1) is 0 Å². The van der Waals surface area contributed by atoms with E-state index in [1.807, 2.05) is 0 Å². The Labute approximate surface area is 85.0 Å². The molecular weight excluding hydrogens is 178 g/mol. The largest absolute Gasteiger partial charge is 0.369 e. The normalized spacial score (nSPS) is 20.3. The van der Waals surface area contributed by atoms with E-state index in [1.165, 1.54) is 6.42 Å². The van der Waals surface area contributed by atoms with Crippen LogP contribution in [0.2, 0.25) is 0 Å². The Morgan fingerprint density at radius 1 is 1.29 bits per heavy atom. The van der Waals surface area contributed by atoms with Gasteiger partial charge in [-0.1, -0.05) is 19.3 Å². The van der Waals surface area contributed by atoms with Crippen molar-refractivity contribution in [2.75, 3.05) is 0 Å². The molecule has 0 aromatic heterocycles. The molecule has 14 heavy (non-hydrogen) atoms. The molecule has 0 aromatic carbocycles. The highest BCUT2D eigenvalue weighted by molar-refractivity contribution is 5.80. The van der Waals surface area contributed by atoms with Gasteiger partial charge in [0.1, 0.15) is 6.29 Å². The first-order valence-electron chi connectivity index (χ1n) is 5.45. The Morgan fingerprint density at radius 2 is 1.93 bits per heavy atom. The standard InChI is InChI=1S/C11H19NO2/c12-10(14)11(8-4-5-9-13)6-2-1-3-7-11/h9H,1-8H2,(H2,12,14). The quantitative estimate of drug-likeness (QED) is 0.539. The predicted octanol–water partition coefficient (Wildman–Crippen LogP) is 1.79. The van der Waals surface area contributed by atoms with Crippen LogP contribution in [0.5, 0.6) is 0 Å². The van der Waals surface area contributed by atoms with Gasteiger partial charge in [0.15, 0.2) is 0 Å². The molecule has 0 atom stereocenters. The molecule has 0 aliphatic heterocycles. The van der Waals surface area contributed by atoms with Gasteiger partial charge in [-0.2, -0.15) is 0 Å². The van der Waals surface area contributed by atoms with Gasteiger partial charge >= 0.3 is 0 Å². The maximum atomic E-state index is 11.4. The summed E-state index contributed by atoms with van der Waals surface area (Å²) in [6.07, 6.45) is 8.30. The molecule has 0 spiro atoms. The molecule has 3 heteroatoms. The molecule has 1 rings (SSSR count). The van der Waals surface area contributed by atoms with Crippen molar-refractivity contribution < 1.29 is 9.59 Å². The second-order valence-corrected chi connectivity index (χ2v) is 4.26. The van der Waals surface area contributed by atoms with Crippen LogP contribution in [-0.4, -0.2) is 12.2 Å². The molecular formula is C11H19NO2. The van der Waals surface area contributed by atoms with Crippen molar-refractivity contribution >= 4 is 12.2 Å². The lowest BCUT2D eigenvalue weighted by Crippen LogP contribution is -2.38. The first-order chi connectivity index (χ1) is 6.71. The fraction of sp³-hybridized carbons (Fsp3) is 0.818. The van der Waals surface area contributed by atoms with Crippen LogP contribution in [0.15, 0.2) is 0 Å². The van der Waals surface area contributed by atoms with Crippen LogP contribution in [0.1, 0.15) is 51.4 Å². The van der Waals surface area contributed by atoms with E-state index in [2.05, 4.69) is 0 Å². The fourth-order valence-electron chi connectivity index (χ4n) is 2.37. The topological polar surface area (TPSA) is 60.2 Å². The molecule has 0 heterocycles. The van der Waals surface area contributed by atoms with Crippen molar-refractivity contribution in [3.05, 3.63) is 0 Å².